The first-order valence-electron chi connectivity index (χ1n) is 9.58. The number of nitrogens with zero attached hydrogens (tertiary/aromatic N) is 3. The highest BCUT2D eigenvalue weighted by Gasteiger charge is 2.37. The van der Waals surface area contributed by atoms with E-state index in [9.17, 15) is 4.79 Å². The van der Waals surface area contributed by atoms with E-state index in [-0.39, 0.29) is 11.9 Å². The van der Waals surface area contributed by atoms with E-state index in [4.69, 9.17) is 16.3 Å². The lowest BCUT2D eigenvalue weighted by atomic mass is 10.0. The van der Waals surface area contributed by atoms with E-state index in [0.717, 1.165) is 29.1 Å². The number of nitrogens with one attached hydrogen (secondary N) is 2. The van der Waals surface area contributed by atoms with Crippen molar-refractivity contribution in [1.29, 1.82) is 0 Å². The van der Waals surface area contributed by atoms with Crippen LogP contribution in [0.3, 0.4) is 0 Å². The molecule has 0 saturated heterocycles. The topological polar surface area (TPSA) is 81.1 Å². The van der Waals surface area contributed by atoms with Gasteiger partial charge < -0.3 is 15.5 Å². The van der Waals surface area contributed by atoms with Crippen molar-refractivity contribution in [2.45, 2.75) is 36.7 Å². The number of ether oxygens (including phenoxy) is 1. The van der Waals surface area contributed by atoms with E-state index in [0.29, 0.717) is 15.9 Å². The van der Waals surface area contributed by atoms with Crippen LogP contribution in [0.4, 0.5) is 5.69 Å². The minimum atomic E-state index is -0.460. The van der Waals surface area contributed by atoms with Crippen LogP contribution in [0, 0.1) is 6.92 Å². The number of anilines is 1. The Kier molecular flexibility index (Phi) is 5.87. The first kappa shape index (κ1) is 20.6. The van der Waals surface area contributed by atoms with Gasteiger partial charge in [-0.15, -0.1) is 10.2 Å². The number of aromatic nitrogens is 3. The quantitative estimate of drug-likeness (QED) is 0.614. The number of carbonyl (C=O) groups excluding carboxylic acids is 1. The number of amides is 1. The first-order chi connectivity index (χ1) is 14.5. The second kappa shape index (κ2) is 8.57. The highest BCUT2D eigenvalue weighted by Crippen LogP contribution is 2.38. The van der Waals surface area contributed by atoms with Crippen molar-refractivity contribution >= 4 is 35.0 Å². The fourth-order valence-corrected chi connectivity index (χ4v) is 4.59. The number of benzene rings is 2. The minimum absolute atomic E-state index is 0.133. The molecule has 0 spiro atoms. The van der Waals surface area contributed by atoms with Crippen molar-refractivity contribution in [2.75, 3.05) is 17.9 Å². The van der Waals surface area contributed by atoms with Gasteiger partial charge in [0.1, 0.15) is 11.0 Å². The Morgan fingerprint density at radius 1 is 1.27 bits per heavy atom. The number of halogens is 1. The largest absolute Gasteiger partial charge is 0.497 e. The summed E-state index contributed by atoms with van der Waals surface area (Å²) in [6.45, 7) is 3.95. The predicted octanol–water partition coefficient (Wildman–Crippen LogP) is 4.21. The Labute approximate surface area is 184 Å². The van der Waals surface area contributed by atoms with E-state index >= 15 is 0 Å². The summed E-state index contributed by atoms with van der Waals surface area (Å²) in [5, 5.41) is 12.3. The lowest BCUT2D eigenvalue weighted by Gasteiger charge is -2.33. The van der Waals surface area contributed by atoms with Crippen LogP contribution in [0.1, 0.15) is 29.9 Å². The van der Waals surface area contributed by atoms with Crippen molar-refractivity contribution in [3.63, 3.8) is 0 Å². The smallest absolute Gasteiger partial charge is 0.240 e. The maximum atomic E-state index is 13.3. The van der Waals surface area contributed by atoms with Crippen LogP contribution in [0.2, 0.25) is 5.02 Å². The number of aryl methyl sites for hydroxylation is 2. The summed E-state index contributed by atoms with van der Waals surface area (Å²) in [6.07, 6.45) is 0.731. The normalized spacial score (nSPS) is 17.7. The third kappa shape index (κ3) is 3.97. The molecule has 1 aliphatic heterocycles. The highest BCUT2D eigenvalue weighted by atomic mass is 35.5. The fourth-order valence-electron chi connectivity index (χ4n) is 3.32. The van der Waals surface area contributed by atoms with Crippen LogP contribution in [0.5, 0.6) is 5.75 Å². The number of hydrogen-bond acceptors (Lipinski definition) is 6. The van der Waals surface area contributed by atoms with E-state index in [1.54, 1.807) is 19.2 Å². The lowest BCUT2D eigenvalue weighted by Crippen LogP contribution is -2.41. The number of hydrogen-bond donors (Lipinski definition) is 2. The molecule has 156 valence electrons. The molecule has 2 atom stereocenters. The molecular weight excluding hydrogens is 422 g/mol. The van der Waals surface area contributed by atoms with Crippen LogP contribution in [0.25, 0.3) is 0 Å². The van der Waals surface area contributed by atoms with Crippen LogP contribution in [-0.2, 0) is 11.2 Å². The third-order valence-electron chi connectivity index (χ3n) is 5.01. The van der Waals surface area contributed by atoms with Crippen molar-refractivity contribution in [2.24, 2.45) is 0 Å². The predicted molar refractivity (Wildman–Crippen MR) is 119 cm³/mol. The van der Waals surface area contributed by atoms with E-state index in [1.165, 1.54) is 11.8 Å². The maximum Gasteiger partial charge on any atom is 0.240 e. The molecule has 0 bridgehead atoms. The molecule has 7 nitrogen and oxygen atoms in total. The maximum absolute atomic E-state index is 13.3. The number of carbonyl (C=O) groups is 1. The standard InChI is InChI=1S/C21H22ClN5O2S/c1-4-17-24-25-21-27(17)26-18(13-6-9-15(29-3)10-7-13)19(30-21)20(28)23-16-11-14(22)8-5-12(16)2/h5-11,18-19,26H,4H2,1-3H3,(H,23,28). The average molecular weight is 444 g/mol. The zero-order valence-electron chi connectivity index (χ0n) is 16.8. The van der Waals surface area contributed by atoms with Crippen molar-refractivity contribution in [1.82, 2.24) is 14.9 Å². The molecule has 2 N–H and O–H groups in total. The van der Waals surface area contributed by atoms with Gasteiger partial charge >= 0.3 is 0 Å². The Morgan fingerprint density at radius 2 is 2.03 bits per heavy atom. The Bertz CT molecular complexity index is 1070. The molecular formula is C21H22ClN5O2S. The van der Waals surface area contributed by atoms with E-state index in [2.05, 4.69) is 20.9 Å². The zero-order valence-corrected chi connectivity index (χ0v) is 18.4. The van der Waals surface area contributed by atoms with Gasteiger partial charge in [-0.1, -0.05) is 48.5 Å². The van der Waals surface area contributed by atoms with E-state index < -0.39 is 5.25 Å². The number of rotatable bonds is 5. The molecule has 1 aromatic heterocycles. The number of thioether (sulfide) groups is 1. The third-order valence-corrected chi connectivity index (χ3v) is 6.46. The van der Waals surface area contributed by atoms with Crippen LogP contribution in [0.15, 0.2) is 47.6 Å². The van der Waals surface area contributed by atoms with E-state index in [1.807, 2.05) is 48.9 Å². The lowest BCUT2D eigenvalue weighted by molar-refractivity contribution is -0.116. The summed E-state index contributed by atoms with van der Waals surface area (Å²) in [5.74, 6) is 1.45. The fraction of sp³-hybridized carbons (Fsp3) is 0.286. The minimum Gasteiger partial charge on any atom is -0.497 e. The van der Waals surface area contributed by atoms with Gasteiger partial charge in [-0.3, -0.25) is 4.79 Å². The van der Waals surface area contributed by atoms with Gasteiger partial charge in [-0.2, -0.15) is 0 Å². The van der Waals surface area contributed by atoms with Crippen molar-refractivity contribution < 1.29 is 9.53 Å². The molecule has 1 amide bonds. The average Bonchev–Trinajstić information content (AvgIpc) is 3.17. The van der Waals surface area contributed by atoms with Crippen LogP contribution >= 0.6 is 23.4 Å². The van der Waals surface area contributed by atoms with Gasteiger partial charge in [0, 0.05) is 17.1 Å². The van der Waals surface area contributed by atoms with Gasteiger partial charge in [0.15, 0.2) is 5.82 Å². The van der Waals surface area contributed by atoms with Crippen LogP contribution in [-0.4, -0.2) is 33.1 Å². The monoisotopic (exact) mass is 443 g/mol. The van der Waals surface area contributed by atoms with Gasteiger partial charge in [-0.25, -0.2) is 4.68 Å². The molecule has 30 heavy (non-hydrogen) atoms. The highest BCUT2D eigenvalue weighted by molar-refractivity contribution is 8.00. The molecule has 1 aliphatic rings. The summed E-state index contributed by atoms with van der Waals surface area (Å²) < 4.78 is 7.14. The van der Waals surface area contributed by atoms with Gasteiger partial charge in [0.2, 0.25) is 11.1 Å². The summed E-state index contributed by atoms with van der Waals surface area (Å²) in [7, 11) is 1.63. The molecule has 3 aromatic rings. The summed E-state index contributed by atoms with van der Waals surface area (Å²) in [6, 6.07) is 12.9. The molecule has 9 heteroatoms. The van der Waals surface area contributed by atoms with Gasteiger partial charge in [0.05, 0.1) is 13.2 Å². The van der Waals surface area contributed by atoms with Gasteiger partial charge in [0.25, 0.3) is 0 Å². The molecule has 4 rings (SSSR count). The molecule has 0 fully saturated rings. The Balaban J connectivity index is 1.68. The van der Waals surface area contributed by atoms with Crippen molar-refractivity contribution in [3.05, 3.63) is 64.4 Å². The first-order valence-corrected chi connectivity index (χ1v) is 10.8. The Morgan fingerprint density at radius 3 is 2.73 bits per heavy atom. The molecule has 2 heterocycles. The summed E-state index contributed by atoms with van der Waals surface area (Å²) >= 11 is 7.52. The second-order valence-corrected chi connectivity index (χ2v) is 8.50. The number of fused-ring (bicyclic) bond motifs is 1. The van der Waals surface area contributed by atoms with Crippen LogP contribution < -0.4 is 15.5 Å². The molecule has 0 saturated carbocycles. The molecule has 0 aliphatic carbocycles. The zero-order chi connectivity index (χ0) is 21.3. The second-order valence-electron chi connectivity index (χ2n) is 6.95. The summed E-state index contributed by atoms with van der Waals surface area (Å²) in [5.41, 5.74) is 6.04. The SMILES string of the molecule is CCc1nnc2n1NC(c1ccc(OC)cc1)C(C(=O)Nc1cc(Cl)ccc1C)S2. The molecule has 2 unspecified atom stereocenters. The van der Waals surface area contributed by atoms with Gasteiger partial charge in [-0.05, 0) is 42.3 Å². The summed E-state index contributed by atoms with van der Waals surface area (Å²) in [4.78, 5) is 13.3. The molecule has 0 radical (unpaired) electrons. The van der Waals surface area contributed by atoms with Crippen molar-refractivity contribution in [3.8, 4) is 5.75 Å². The molecule has 2 aromatic carbocycles. The Hall–Kier alpha value is -2.71. The number of methoxy groups -OCH3 is 1.